The molecule has 0 aromatic heterocycles. The number of alkyl carbamates (subject to hydrolysis) is 1. The number of piperidine rings is 1. The smallest absolute Gasteiger partial charge is 0.407 e. The molecule has 1 aromatic carbocycles. The molecule has 1 aromatic rings. The second-order valence-electron chi connectivity index (χ2n) is 6.40. The van der Waals surface area contributed by atoms with Gasteiger partial charge in [0, 0.05) is 19.1 Å². The molecule has 1 fully saturated rings. The van der Waals surface area contributed by atoms with Crippen molar-refractivity contribution in [3.63, 3.8) is 0 Å². The van der Waals surface area contributed by atoms with Crippen molar-refractivity contribution in [2.75, 3.05) is 26.2 Å². The van der Waals surface area contributed by atoms with Gasteiger partial charge in [0.05, 0.1) is 12.7 Å². The highest BCUT2D eigenvalue weighted by atomic mass is 16.5. The molecule has 2 N–H and O–H groups in total. The number of rotatable bonds is 5. The van der Waals surface area contributed by atoms with Crippen LogP contribution in [0.1, 0.15) is 42.6 Å². The van der Waals surface area contributed by atoms with E-state index in [1.165, 1.54) is 11.1 Å². The number of carbonyl (C=O) groups is 1. The Morgan fingerprint density at radius 3 is 2.74 bits per heavy atom. The molecule has 1 aliphatic rings. The Morgan fingerprint density at radius 1 is 1.39 bits per heavy atom. The number of aliphatic hydroxyl groups is 1. The molecule has 1 heterocycles. The molecule has 0 spiro atoms. The van der Waals surface area contributed by atoms with Crippen LogP contribution in [0.25, 0.3) is 0 Å². The molecule has 5 nitrogen and oxygen atoms in total. The second kappa shape index (κ2) is 8.31. The number of aliphatic hydroxyl groups excluding tert-OH is 1. The van der Waals surface area contributed by atoms with Crippen LogP contribution in [0.4, 0.5) is 4.79 Å². The Kier molecular flexibility index (Phi) is 6.42. The number of β-amino-alcohol motifs (C(OH)–C–C–N with tert-alkyl or cyclic N) is 1. The van der Waals surface area contributed by atoms with Crippen molar-refractivity contribution in [3.8, 4) is 0 Å². The molecule has 5 heteroatoms. The molecule has 2 rings (SSSR count). The van der Waals surface area contributed by atoms with Gasteiger partial charge in [-0.2, -0.15) is 0 Å². The SMILES string of the molecule is CCOC(=O)NC1CCCN(CC(O)c2cc(C)cc(C)c2)C1. The molecule has 0 radical (unpaired) electrons. The highest BCUT2D eigenvalue weighted by Gasteiger charge is 2.23. The summed E-state index contributed by atoms with van der Waals surface area (Å²) in [5, 5.41) is 13.4. The van der Waals surface area contributed by atoms with E-state index in [-0.39, 0.29) is 12.1 Å². The molecule has 0 bridgehead atoms. The molecule has 23 heavy (non-hydrogen) atoms. The van der Waals surface area contributed by atoms with E-state index in [0.29, 0.717) is 13.2 Å². The summed E-state index contributed by atoms with van der Waals surface area (Å²) in [6.07, 6.45) is 1.11. The standard InChI is InChI=1S/C18H28N2O3/c1-4-23-18(22)19-16-6-5-7-20(11-16)12-17(21)15-9-13(2)8-14(3)10-15/h8-10,16-17,21H,4-7,11-12H2,1-3H3,(H,19,22). The fourth-order valence-electron chi connectivity index (χ4n) is 3.23. The zero-order chi connectivity index (χ0) is 16.8. The van der Waals surface area contributed by atoms with Gasteiger partial charge in [0.25, 0.3) is 0 Å². The number of aryl methyl sites for hydroxylation is 2. The van der Waals surface area contributed by atoms with Crippen LogP contribution in [0.2, 0.25) is 0 Å². The molecule has 0 saturated carbocycles. The number of carbonyl (C=O) groups excluding carboxylic acids is 1. The van der Waals surface area contributed by atoms with E-state index in [2.05, 4.69) is 16.3 Å². The lowest BCUT2D eigenvalue weighted by molar-refractivity contribution is 0.0878. The van der Waals surface area contributed by atoms with Crippen LogP contribution in [0.3, 0.4) is 0 Å². The third kappa shape index (κ3) is 5.52. The van der Waals surface area contributed by atoms with E-state index in [4.69, 9.17) is 4.74 Å². The van der Waals surface area contributed by atoms with Crippen LogP contribution >= 0.6 is 0 Å². The Morgan fingerprint density at radius 2 is 2.09 bits per heavy atom. The summed E-state index contributed by atoms with van der Waals surface area (Å²) in [6, 6.07) is 6.27. The third-order valence-electron chi connectivity index (χ3n) is 4.16. The van der Waals surface area contributed by atoms with Crippen LogP contribution in [0.15, 0.2) is 18.2 Å². The zero-order valence-corrected chi connectivity index (χ0v) is 14.3. The molecule has 1 aliphatic heterocycles. The summed E-state index contributed by atoms with van der Waals surface area (Å²) in [4.78, 5) is 13.7. The molecule has 1 amide bonds. The molecular weight excluding hydrogens is 292 g/mol. The number of hydrogen-bond donors (Lipinski definition) is 2. The van der Waals surface area contributed by atoms with Crippen molar-refractivity contribution in [1.29, 1.82) is 0 Å². The van der Waals surface area contributed by atoms with Crippen LogP contribution < -0.4 is 5.32 Å². The van der Waals surface area contributed by atoms with Gasteiger partial charge < -0.3 is 15.2 Å². The van der Waals surface area contributed by atoms with Gasteiger partial charge in [0.15, 0.2) is 0 Å². The number of amides is 1. The molecule has 1 saturated heterocycles. The minimum Gasteiger partial charge on any atom is -0.450 e. The van der Waals surface area contributed by atoms with Gasteiger partial charge in [-0.05, 0) is 45.7 Å². The average molecular weight is 320 g/mol. The first-order chi connectivity index (χ1) is 11.0. The van der Waals surface area contributed by atoms with Gasteiger partial charge in [0.1, 0.15) is 0 Å². The van der Waals surface area contributed by atoms with Crippen LogP contribution in [-0.4, -0.2) is 48.4 Å². The third-order valence-corrected chi connectivity index (χ3v) is 4.16. The summed E-state index contributed by atoms with van der Waals surface area (Å²) in [5.74, 6) is 0. The molecular formula is C18H28N2O3. The molecule has 0 aliphatic carbocycles. The molecule has 128 valence electrons. The summed E-state index contributed by atoms with van der Waals surface area (Å²) in [7, 11) is 0. The Bertz CT molecular complexity index is 513. The molecule has 2 unspecified atom stereocenters. The number of ether oxygens (including phenoxy) is 1. The van der Waals surface area contributed by atoms with E-state index in [1.54, 1.807) is 6.92 Å². The summed E-state index contributed by atoms with van der Waals surface area (Å²) in [6.45, 7) is 8.56. The van der Waals surface area contributed by atoms with Crippen molar-refractivity contribution >= 4 is 6.09 Å². The van der Waals surface area contributed by atoms with Gasteiger partial charge in [-0.1, -0.05) is 29.3 Å². The van der Waals surface area contributed by atoms with Crippen molar-refractivity contribution in [2.24, 2.45) is 0 Å². The lowest BCUT2D eigenvalue weighted by atomic mass is 10.0. The first-order valence-electron chi connectivity index (χ1n) is 8.40. The maximum atomic E-state index is 11.5. The Labute approximate surface area is 138 Å². The number of benzene rings is 1. The predicted octanol–water partition coefficient (Wildman–Crippen LogP) is 2.55. The maximum Gasteiger partial charge on any atom is 0.407 e. The highest BCUT2D eigenvalue weighted by molar-refractivity contribution is 5.67. The van der Waals surface area contributed by atoms with Crippen LogP contribution in [0, 0.1) is 13.8 Å². The van der Waals surface area contributed by atoms with E-state index in [0.717, 1.165) is 31.5 Å². The summed E-state index contributed by atoms with van der Waals surface area (Å²) < 4.78 is 4.94. The van der Waals surface area contributed by atoms with Crippen LogP contribution in [-0.2, 0) is 4.74 Å². The minimum atomic E-state index is -0.505. The summed E-state index contributed by atoms with van der Waals surface area (Å²) >= 11 is 0. The fraction of sp³-hybridized carbons (Fsp3) is 0.611. The largest absolute Gasteiger partial charge is 0.450 e. The summed E-state index contributed by atoms with van der Waals surface area (Å²) in [5.41, 5.74) is 3.29. The van der Waals surface area contributed by atoms with E-state index < -0.39 is 6.10 Å². The predicted molar refractivity (Wildman–Crippen MR) is 90.5 cm³/mol. The average Bonchev–Trinajstić information content (AvgIpc) is 2.46. The lowest BCUT2D eigenvalue weighted by Crippen LogP contribution is -2.48. The Hall–Kier alpha value is -1.59. The first-order valence-corrected chi connectivity index (χ1v) is 8.40. The van der Waals surface area contributed by atoms with E-state index in [9.17, 15) is 9.90 Å². The van der Waals surface area contributed by atoms with Gasteiger partial charge in [0.2, 0.25) is 0 Å². The van der Waals surface area contributed by atoms with Gasteiger partial charge in [-0.15, -0.1) is 0 Å². The fourth-order valence-corrected chi connectivity index (χ4v) is 3.23. The van der Waals surface area contributed by atoms with E-state index >= 15 is 0 Å². The van der Waals surface area contributed by atoms with Crippen molar-refractivity contribution in [2.45, 2.75) is 45.8 Å². The topological polar surface area (TPSA) is 61.8 Å². The van der Waals surface area contributed by atoms with Gasteiger partial charge in [-0.3, -0.25) is 4.90 Å². The Balaban J connectivity index is 1.90. The van der Waals surface area contributed by atoms with Gasteiger partial charge >= 0.3 is 6.09 Å². The lowest BCUT2D eigenvalue weighted by Gasteiger charge is -2.34. The maximum absolute atomic E-state index is 11.5. The second-order valence-corrected chi connectivity index (χ2v) is 6.40. The number of hydrogen-bond acceptors (Lipinski definition) is 4. The minimum absolute atomic E-state index is 0.0919. The quantitative estimate of drug-likeness (QED) is 0.875. The number of nitrogens with zero attached hydrogens (tertiary/aromatic N) is 1. The highest BCUT2D eigenvalue weighted by Crippen LogP contribution is 2.20. The van der Waals surface area contributed by atoms with Crippen molar-refractivity contribution < 1.29 is 14.6 Å². The normalized spacial score (nSPS) is 20.1. The first kappa shape index (κ1) is 17.8. The monoisotopic (exact) mass is 320 g/mol. The molecule has 2 atom stereocenters. The van der Waals surface area contributed by atoms with Gasteiger partial charge in [-0.25, -0.2) is 4.79 Å². The van der Waals surface area contributed by atoms with Crippen LogP contribution in [0.5, 0.6) is 0 Å². The number of likely N-dealkylation sites (tertiary alicyclic amines) is 1. The van der Waals surface area contributed by atoms with Crippen molar-refractivity contribution in [3.05, 3.63) is 34.9 Å². The van der Waals surface area contributed by atoms with Crippen molar-refractivity contribution in [1.82, 2.24) is 10.2 Å². The zero-order valence-electron chi connectivity index (χ0n) is 14.3. The number of nitrogens with one attached hydrogen (secondary N) is 1. The van der Waals surface area contributed by atoms with E-state index in [1.807, 2.05) is 26.0 Å².